The van der Waals surface area contributed by atoms with E-state index in [0.29, 0.717) is 0 Å². The Bertz CT molecular complexity index is 339. The van der Waals surface area contributed by atoms with Crippen LogP contribution in [0.2, 0.25) is 0 Å². The van der Waals surface area contributed by atoms with Crippen molar-refractivity contribution in [3.63, 3.8) is 0 Å². The molecular formula is C13H20N2O2. The molecule has 0 saturated carbocycles. The zero-order valence-electron chi connectivity index (χ0n) is 10.2. The summed E-state index contributed by atoms with van der Waals surface area (Å²) in [6.45, 7) is 3.60. The summed E-state index contributed by atoms with van der Waals surface area (Å²) in [6.07, 6.45) is 4.24. The Morgan fingerprint density at radius 1 is 1.59 bits per heavy atom. The van der Waals surface area contributed by atoms with Crippen LogP contribution in [-0.2, 0) is 10.3 Å². The van der Waals surface area contributed by atoms with Crippen molar-refractivity contribution in [3.8, 4) is 0 Å². The molecule has 1 aromatic heterocycles. The van der Waals surface area contributed by atoms with Crippen LogP contribution in [0.25, 0.3) is 0 Å². The number of pyridine rings is 1. The SMILES string of the molecule is CC(CO)(NCC1CCCO1)c1ccccn1. The molecule has 1 aliphatic heterocycles. The molecule has 0 spiro atoms. The summed E-state index contributed by atoms with van der Waals surface area (Å²) in [6, 6.07) is 5.74. The van der Waals surface area contributed by atoms with Crippen LogP contribution < -0.4 is 5.32 Å². The van der Waals surface area contributed by atoms with E-state index in [1.165, 1.54) is 0 Å². The summed E-state index contributed by atoms with van der Waals surface area (Å²) < 4.78 is 5.56. The summed E-state index contributed by atoms with van der Waals surface area (Å²) in [5.41, 5.74) is 0.369. The second kappa shape index (κ2) is 5.58. The number of nitrogens with zero attached hydrogens (tertiary/aromatic N) is 1. The molecule has 0 amide bonds. The molecule has 17 heavy (non-hydrogen) atoms. The second-order valence-corrected chi connectivity index (χ2v) is 4.72. The highest BCUT2D eigenvalue weighted by Gasteiger charge is 2.28. The highest BCUT2D eigenvalue weighted by atomic mass is 16.5. The smallest absolute Gasteiger partial charge is 0.0814 e. The van der Waals surface area contributed by atoms with E-state index >= 15 is 0 Å². The Labute approximate surface area is 102 Å². The van der Waals surface area contributed by atoms with Gasteiger partial charge in [0.25, 0.3) is 0 Å². The minimum absolute atomic E-state index is 0.0245. The molecule has 4 heteroatoms. The third kappa shape index (κ3) is 3.03. The van der Waals surface area contributed by atoms with E-state index in [9.17, 15) is 5.11 Å². The third-order valence-electron chi connectivity index (χ3n) is 3.29. The summed E-state index contributed by atoms with van der Waals surface area (Å²) >= 11 is 0. The quantitative estimate of drug-likeness (QED) is 0.802. The van der Waals surface area contributed by atoms with Gasteiger partial charge in [-0.3, -0.25) is 4.98 Å². The predicted molar refractivity (Wildman–Crippen MR) is 65.7 cm³/mol. The number of rotatable bonds is 5. The van der Waals surface area contributed by atoms with Gasteiger partial charge in [0.1, 0.15) is 0 Å². The Hall–Kier alpha value is -0.970. The number of aliphatic hydroxyl groups is 1. The van der Waals surface area contributed by atoms with Crippen LogP contribution in [0.15, 0.2) is 24.4 Å². The van der Waals surface area contributed by atoms with Crippen LogP contribution in [0.4, 0.5) is 0 Å². The van der Waals surface area contributed by atoms with Crippen LogP contribution in [0.3, 0.4) is 0 Å². The molecule has 0 radical (unpaired) electrons. The second-order valence-electron chi connectivity index (χ2n) is 4.72. The fourth-order valence-corrected chi connectivity index (χ4v) is 2.06. The van der Waals surface area contributed by atoms with Crippen molar-refractivity contribution in [2.75, 3.05) is 19.8 Å². The summed E-state index contributed by atoms with van der Waals surface area (Å²) in [7, 11) is 0. The molecule has 0 bridgehead atoms. The lowest BCUT2D eigenvalue weighted by Crippen LogP contribution is -2.46. The predicted octanol–water partition coefficient (Wildman–Crippen LogP) is 1.06. The van der Waals surface area contributed by atoms with Gasteiger partial charge in [-0.1, -0.05) is 6.07 Å². The first-order valence-corrected chi connectivity index (χ1v) is 6.13. The molecule has 4 nitrogen and oxygen atoms in total. The molecule has 0 aromatic carbocycles. The van der Waals surface area contributed by atoms with Crippen LogP contribution >= 0.6 is 0 Å². The molecule has 2 unspecified atom stereocenters. The van der Waals surface area contributed by atoms with Gasteiger partial charge < -0.3 is 15.2 Å². The molecular weight excluding hydrogens is 216 g/mol. The van der Waals surface area contributed by atoms with Gasteiger partial charge in [-0.05, 0) is 31.9 Å². The molecule has 1 fully saturated rings. The van der Waals surface area contributed by atoms with Crippen molar-refractivity contribution in [2.45, 2.75) is 31.4 Å². The molecule has 0 aliphatic carbocycles. The zero-order valence-corrected chi connectivity index (χ0v) is 10.2. The van der Waals surface area contributed by atoms with Crippen LogP contribution in [0.1, 0.15) is 25.5 Å². The molecule has 1 aliphatic rings. The molecule has 2 atom stereocenters. The lowest BCUT2D eigenvalue weighted by atomic mass is 9.97. The average Bonchev–Trinajstić information content (AvgIpc) is 2.90. The van der Waals surface area contributed by atoms with Gasteiger partial charge in [0.05, 0.1) is 23.9 Å². The van der Waals surface area contributed by atoms with E-state index in [-0.39, 0.29) is 12.7 Å². The van der Waals surface area contributed by atoms with E-state index in [1.54, 1.807) is 6.20 Å². The Balaban J connectivity index is 1.98. The number of aliphatic hydroxyl groups excluding tert-OH is 1. The van der Waals surface area contributed by atoms with Crippen molar-refractivity contribution in [3.05, 3.63) is 30.1 Å². The lowest BCUT2D eigenvalue weighted by Gasteiger charge is -2.29. The maximum Gasteiger partial charge on any atom is 0.0814 e. The first kappa shape index (κ1) is 12.5. The molecule has 2 rings (SSSR count). The van der Waals surface area contributed by atoms with Crippen molar-refractivity contribution in [1.29, 1.82) is 0 Å². The highest BCUT2D eigenvalue weighted by Crippen LogP contribution is 2.19. The van der Waals surface area contributed by atoms with Gasteiger partial charge in [0.15, 0.2) is 0 Å². The van der Waals surface area contributed by atoms with Crippen molar-refractivity contribution < 1.29 is 9.84 Å². The van der Waals surface area contributed by atoms with Gasteiger partial charge in [0.2, 0.25) is 0 Å². The average molecular weight is 236 g/mol. The van der Waals surface area contributed by atoms with Gasteiger partial charge in [0, 0.05) is 19.3 Å². The molecule has 2 heterocycles. The van der Waals surface area contributed by atoms with E-state index in [4.69, 9.17) is 4.74 Å². The van der Waals surface area contributed by atoms with Crippen LogP contribution in [0, 0.1) is 0 Å². The normalized spacial score (nSPS) is 23.5. The summed E-state index contributed by atoms with van der Waals surface area (Å²) in [4.78, 5) is 4.30. The number of nitrogens with one attached hydrogen (secondary N) is 1. The monoisotopic (exact) mass is 236 g/mol. The zero-order chi connectivity index (χ0) is 12.1. The minimum atomic E-state index is -0.493. The van der Waals surface area contributed by atoms with E-state index < -0.39 is 5.54 Å². The van der Waals surface area contributed by atoms with Gasteiger partial charge in [-0.15, -0.1) is 0 Å². The lowest BCUT2D eigenvalue weighted by molar-refractivity contribution is 0.0901. The first-order chi connectivity index (χ1) is 8.24. The van der Waals surface area contributed by atoms with Crippen molar-refractivity contribution in [2.24, 2.45) is 0 Å². The number of hydrogen-bond donors (Lipinski definition) is 2. The number of aromatic nitrogens is 1. The van der Waals surface area contributed by atoms with Crippen LogP contribution in [-0.4, -0.2) is 36.0 Å². The minimum Gasteiger partial charge on any atom is -0.394 e. The highest BCUT2D eigenvalue weighted by molar-refractivity contribution is 5.14. The topological polar surface area (TPSA) is 54.4 Å². The third-order valence-corrected chi connectivity index (χ3v) is 3.29. The van der Waals surface area contributed by atoms with E-state index in [2.05, 4.69) is 10.3 Å². The molecule has 94 valence electrons. The fourth-order valence-electron chi connectivity index (χ4n) is 2.06. The van der Waals surface area contributed by atoms with Gasteiger partial charge in [-0.2, -0.15) is 0 Å². The van der Waals surface area contributed by atoms with Crippen LogP contribution in [0.5, 0.6) is 0 Å². The number of ether oxygens (including phenoxy) is 1. The Morgan fingerprint density at radius 3 is 3.06 bits per heavy atom. The van der Waals surface area contributed by atoms with Crippen molar-refractivity contribution >= 4 is 0 Å². The molecule has 2 N–H and O–H groups in total. The van der Waals surface area contributed by atoms with Gasteiger partial charge in [-0.25, -0.2) is 0 Å². The van der Waals surface area contributed by atoms with E-state index in [0.717, 1.165) is 31.7 Å². The molecule has 1 aromatic rings. The Kier molecular flexibility index (Phi) is 4.10. The molecule has 1 saturated heterocycles. The first-order valence-electron chi connectivity index (χ1n) is 6.13. The largest absolute Gasteiger partial charge is 0.394 e. The maximum absolute atomic E-state index is 9.57. The standard InChI is InChI=1S/C13H20N2O2/c1-13(10-16,12-6-2-3-7-14-12)15-9-11-5-4-8-17-11/h2-3,6-7,11,15-16H,4-5,8-10H2,1H3. The maximum atomic E-state index is 9.57. The van der Waals surface area contributed by atoms with E-state index in [1.807, 2.05) is 25.1 Å². The van der Waals surface area contributed by atoms with Gasteiger partial charge >= 0.3 is 0 Å². The summed E-state index contributed by atoms with van der Waals surface area (Å²) in [5.74, 6) is 0. The fraction of sp³-hybridized carbons (Fsp3) is 0.615. The number of hydrogen-bond acceptors (Lipinski definition) is 4. The summed E-state index contributed by atoms with van der Waals surface area (Å²) in [5, 5.41) is 12.9. The Morgan fingerprint density at radius 2 is 2.47 bits per heavy atom. The van der Waals surface area contributed by atoms with Crippen molar-refractivity contribution in [1.82, 2.24) is 10.3 Å².